The number of aryl methyl sites for hydroxylation is 1. The third-order valence-corrected chi connectivity index (χ3v) is 8.26. The van der Waals surface area contributed by atoms with E-state index in [1.165, 1.54) is 12.1 Å². The van der Waals surface area contributed by atoms with Gasteiger partial charge < -0.3 is 9.64 Å². The summed E-state index contributed by atoms with van der Waals surface area (Å²) < 4.78 is 50.6. The first kappa shape index (κ1) is 24.6. The summed E-state index contributed by atoms with van der Waals surface area (Å²) in [6.45, 7) is 6.10. The maximum Gasteiger partial charge on any atom is 0.246 e. The van der Waals surface area contributed by atoms with Gasteiger partial charge in [-0.05, 0) is 42.7 Å². The van der Waals surface area contributed by atoms with Crippen molar-refractivity contribution >= 4 is 38.9 Å². The Morgan fingerprint density at radius 2 is 2.00 bits per heavy atom. The molecule has 13 heteroatoms. The van der Waals surface area contributed by atoms with Crippen LogP contribution in [-0.4, -0.2) is 49.2 Å². The molecule has 0 radical (unpaired) electrons. The lowest BCUT2D eigenvalue weighted by atomic mass is 9.88. The number of ether oxygens (including phenoxy) is 1. The molecule has 9 nitrogen and oxygen atoms in total. The standard InChI is InChI=1S/C21H23Cl2FN6O3S/c1-10-5-6-15(24)16(11(10)2)12(3)17(21-25-28-29-26-21)27-34(31,32)20-14(23)9-13(22)18-19(20)33-8-7-30(18)4/h5-6,9,12,17,27H,7-8H2,1-4H3,(H,25,26,28,29). The van der Waals surface area contributed by atoms with Gasteiger partial charge in [0, 0.05) is 13.0 Å². The number of tetrazole rings is 1. The molecule has 0 aliphatic carbocycles. The smallest absolute Gasteiger partial charge is 0.246 e. The van der Waals surface area contributed by atoms with Crippen molar-refractivity contribution in [2.75, 3.05) is 25.1 Å². The van der Waals surface area contributed by atoms with Crippen LogP contribution in [0.1, 0.15) is 41.4 Å². The lowest BCUT2D eigenvalue weighted by molar-refractivity contribution is 0.302. The Kier molecular flexibility index (Phi) is 6.74. The molecule has 0 saturated heterocycles. The number of H-pyrrole nitrogens is 1. The van der Waals surface area contributed by atoms with Crippen molar-refractivity contribution in [1.82, 2.24) is 25.3 Å². The van der Waals surface area contributed by atoms with Crippen molar-refractivity contribution < 1.29 is 17.5 Å². The summed E-state index contributed by atoms with van der Waals surface area (Å²) in [6.07, 6.45) is 0. The first-order valence-electron chi connectivity index (χ1n) is 10.4. The van der Waals surface area contributed by atoms with Crippen LogP contribution in [0.5, 0.6) is 5.75 Å². The Labute approximate surface area is 206 Å². The normalized spacial score (nSPS) is 15.6. The molecule has 182 valence electrons. The Balaban J connectivity index is 1.83. The third kappa shape index (κ3) is 4.33. The summed E-state index contributed by atoms with van der Waals surface area (Å²) in [4.78, 5) is 1.53. The summed E-state index contributed by atoms with van der Waals surface area (Å²) in [5.41, 5.74) is 2.33. The molecule has 1 aromatic heterocycles. The highest BCUT2D eigenvalue weighted by molar-refractivity contribution is 7.89. The molecular weight excluding hydrogens is 506 g/mol. The Hall–Kier alpha value is -2.47. The van der Waals surface area contributed by atoms with E-state index in [1.807, 2.05) is 6.92 Å². The minimum absolute atomic E-state index is 0.0494. The van der Waals surface area contributed by atoms with Crippen LogP contribution in [0.3, 0.4) is 0 Å². The van der Waals surface area contributed by atoms with Gasteiger partial charge in [-0.2, -0.15) is 9.94 Å². The summed E-state index contributed by atoms with van der Waals surface area (Å²) >= 11 is 12.7. The molecule has 0 amide bonds. The second-order valence-electron chi connectivity index (χ2n) is 8.18. The van der Waals surface area contributed by atoms with Gasteiger partial charge in [-0.25, -0.2) is 12.8 Å². The highest BCUT2D eigenvalue weighted by Gasteiger charge is 2.37. The number of rotatable bonds is 6. The molecule has 2 N–H and O–H groups in total. The van der Waals surface area contributed by atoms with Crippen LogP contribution >= 0.6 is 23.2 Å². The van der Waals surface area contributed by atoms with Crippen molar-refractivity contribution in [3.63, 3.8) is 0 Å². The molecule has 2 aromatic carbocycles. The molecule has 2 unspecified atom stereocenters. The van der Waals surface area contributed by atoms with Gasteiger partial charge in [0.2, 0.25) is 10.0 Å². The molecule has 4 rings (SSSR count). The van der Waals surface area contributed by atoms with Crippen LogP contribution < -0.4 is 14.4 Å². The van der Waals surface area contributed by atoms with E-state index in [9.17, 15) is 12.8 Å². The number of likely N-dealkylation sites (N-methyl/N-ethyl adjacent to an activating group) is 1. The van der Waals surface area contributed by atoms with Crippen molar-refractivity contribution in [3.05, 3.63) is 56.6 Å². The van der Waals surface area contributed by atoms with E-state index in [1.54, 1.807) is 31.9 Å². The number of aromatic nitrogens is 4. The zero-order chi connectivity index (χ0) is 24.8. The number of nitrogens with zero attached hydrogens (tertiary/aromatic N) is 4. The molecule has 1 aliphatic rings. The Morgan fingerprint density at radius 3 is 2.68 bits per heavy atom. The molecule has 34 heavy (non-hydrogen) atoms. The molecule has 2 heterocycles. The van der Waals surface area contributed by atoms with E-state index in [-0.39, 0.29) is 33.1 Å². The number of fused-ring (bicyclic) bond motifs is 1. The first-order valence-corrected chi connectivity index (χ1v) is 12.6. The van der Waals surface area contributed by atoms with Crippen molar-refractivity contribution in [3.8, 4) is 5.75 Å². The molecule has 3 aromatic rings. The number of aromatic amines is 1. The van der Waals surface area contributed by atoms with E-state index in [4.69, 9.17) is 27.9 Å². The first-order chi connectivity index (χ1) is 16.0. The van der Waals surface area contributed by atoms with Crippen LogP contribution in [0.2, 0.25) is 10.0 Å². The number of benzene rings is 2. The maximum atomic E-state index is 14.9. The quantitative estimate of drug-likeness (QED) is 0.498. The fraction of sp³-hybridized carbons (Fsp3) is 0.381. The summed E-state index contributed by atoms with van der Waals surface area (Å²) in [6, 6.07) is 3.31. The lowest BCUT2D eigenvalue weighted by Gasteiger charge is -2.31. The molecule has 0 saturated carbocycles. The van der Waals surface area contributed by atoms with Gasteiger partial charge in [-0.3, -0.25) is 0 Å². The van der Waals surface area contributed by atoms with Crippen molar-refractivity contribution in [2.45, 2.75) is 37.6 Å². The highest BCUT2D eigenvalue weighted by atomic mass is 35.5. The number of sulfonamides is 1. The predicted octanol–water partition coefficient (Wildman–Crippen LogP) is 3.91. The van der Waals surface area contributed by atoms with Crippen molar-refractivity contribution in [1.29, 1.82) is 0 Å². The number of hydrogen-bond donors (Lipinski definition) is 2. The second kappa shape index (κ2) is 9.29. The molecular formula is C21H23Cl2FN6O3S. The average molecular weight is 529 g/mol. The largest absolute Gasteiger partial charge is 0.488 e. The Morgan fingerprint density at radius 1 is 1.26 bits per heavy atom. The lowest BCUT2D eigenvalue weighted by Crippen LogP contribution is -2.35. The van der Waals surface area contributed by atoms with Gasteiger partial charge in [0.15, 0.2) is 11.6 Å². The van der Waals surface area contributed by atoms with Crippen LogP contribution in [-0.2, 0) is 10.0 Å². The minimum atomic E-state index is -4.32. The SMILES string of the molecule is Cc1ccc(F)c(C(C)C(NS(=O)(=O)c2c(Cl)cc(Cl)c3c2OCCN3C)c2nn[nH]n2)c1C. The predicted molar refractivity (Wildman–Crippen MR) is 127 cm³/mol. The van der Waals surface area contributed by atoms with E-state index in [2.05, 4.69) is 25.3 Å². The summed E-state index contributed by atoms with van der Waals surface area (Å²) in [7, 11) is -2.55. The van der Waals surface area contributed by atoms with Gasteiger partial charge in [-0.15, -0.1) is 10.2 Å². The van der Waals surface area contributed by atoms with Gasteiger partial charge >= 0.3 is 0 Å². The summed E-state index contributed by atoms with van der Waals surface area (Å²) in [5, 5.41) is 14.0. The fourth-order valence-corrected chi connectivity index (χ4v) is 6.51. The number of hydrogen-bond acceptors (Lipinski definition) is 7. The van der Waals surface area contributed by atoms with Crippen LogP contribution in [0.25, 0.3) is 0 Å². The van der Waals surface area contributed by atoms with Crippen LogP contribution in [0, 0.1) is 19.7 Å². The topological polar surface area (TPSA) is 113 Å². The third-order valence-electron chi connectivity index (χ3n) is 6.05. The van der Waals surface area contributed by atoms with Gasteiger partial charge in [-0.1, -0.05) is 41.4 Å². The summed E-state index contributed by atoms with van der Waals surface area (Å²) in [5.74, 6) is -1.06. The number of nitrogens with one attached hydrogen (secondary N) is 2. The molecule has 2 atom stereocenters. The Bertz CT molecular complexity index is 1340. The highest BCUT2D eigenvalue weighted by Crippen LogP contribution is 2.46. The maximum absolute atomic E-state index is 14.9. The number of halogens is 3. The van der Waals surface area contributed by atoms with E-state index in [0.717, 1.165) is 5.56 Å². The molecule has 0 bridgehead atoms. The number of anilines is 1. The van der Waals surface area contributed by atoms with Crippen LogP contribution in [0.4, 0.5) is 10.1 Å². The van der Waals surface area contributed by atoms with Gasteiger partial charge in [0.05, 0.1) is 28.3 Å². The van der Waals surface area contributed by atoms with E-state index in [0.29, 0.717) is 23.4 Å². The van der Waals surface area contributed by atoms with Crippen molar-refractivity contribution in [2.24, 2.45) is 0 Å². The monoisotopic (exact) mass is 528 g/mol. The van der Waals surface area contributed by atoms with E-state index < -0.39 is 27.8 Å². The average Bonchev–Trinajstić information content (AvgIpc) is 3.29. The minimum Gasteiger partial charge on any atom is -0.488 e. The van der Waals surface area contributed by atoms with Gasteiger partial charge in [0.1, 0.15) is 17.3 Å². The van der Waals surface area contributed by atoms with Crippen LogP contribution in [0.15, 0.2) is 23.1 Å². The van der Waals surface area contributed by atoms with Gasteiger partial charge in [0.25, 0.3) is 0 Å². The molecule has 0 fully saturated rings. The van der Waals surface area contributed by atoms with E-state index >= 15 is 0 Å². The zero-order valence-electron chi connectivity index (χ0n) is 18.9. The fourth-order valence-electron chi connectivity index (χ4n) is 4.14. The molecule has 1 aliphatic heterocycles. The molecule has 0 spiro atoms. The second-order valence-corrected chi connectivity index (χ2v) is 10.6. The zero-order valence-corrected chi connectivity index (χ0v) is 21.2.